The van der Waals surface area contributed by atoms with Gasteiger partial charge >= 0.3 is 0 Å². The number of nitrogens with zero attached hydrogens (tertiary/aromatic N) is 1. The predicted octanol–water partition coefficient (Wildman–Crippen LogP) is 3.35. The zero-order chi connectivity index (χ0) is 14.9. The van der Waals surface area contributed by atoms with Gasteiger partial charge in [-0.1, -0.05) is 18.6 Å². The van der Waals surface area contributed by atoms with Crippen molar-refractivity contribution in [2.24, 2.45) is 11.7 Å². The Morgan fingerprint density at radius 3 is 2.62 bits per heavy atom. The molecule has 3 unspecified atom stereocenters. The number of rotatable bonds is 4. The molecule has 1 aromatic rings. The number of hydrogen-bond acceptors (Lipinski definition) is 2. The van der Waals surface area contributed by atoms with E-state index in [2.05, 4.69) is 11.8 Å². The molecule has 1 heterocycles. The van der Waals surface area contributed by atoms with Gasteiger partial charge in [0.2, 0.25) is 0 Å². The summed E-state index contributed by atoms with van der Waals surface area (Å²) in [6.45, 7) is 4.11. The number of halogens is 1. The van der Waals surface area contributed by atoms with Crippen LogP contribution in [0.4, 0.5) is 4.39 Å². The molecule has 0 amide bonds. The van der Waals surface area contributed by atoms with Gasteiger partial charge in [-0.3, -0.25) is 4.90 Å². The van der Waals surface area contributed by atoms with Gasteiger partial charge in [0.05, 0.1) is 0 Å². The first-order chi connectivity index (χ1) is 10.1. The maximum absolute atomic E-state index is 13.1. The minimum atomic E-state index is -0.165. The molecule has 1 aliphatic carbocycles. The van der Waals surface area contributed by atoms with Crippen LogP contribution >= 0.6 is 0 Å². The Morgan fingerprint density at radius 1 is 1.19 bits per heavy atom. The third-order valence-electron chi connectivity index (χ3n) is 5.62. The predicted molar refractivity (Wildman–Crippen MR) is 84.6 cm³/mol. The van der Waals surface area contributed by atoms with Crippen LogP contribution in [0.1, 0.15) is 44.6 Å². The Morgan fingerprint density at radius 2 is 1.90 bits per heavy atom. The lowest BCUT2D eigenvalue weighted by molar-refractivity contribution is 0.0138. The van der Waals surface area contributed by atoms with Crippen molar-refractivity contribution in [1.82, 2.24) is 4.90 Å². The first-order valence-electron chi connectivity index (χ1n) is 8.34. The molecule has 3 atom stereocenters. The van der Waals surface area contributed by atoms with Gasteiger partial charge in [-0.2, -0.15) is 0 Å². The minimum absolute atomic E-state index is 0.00843. The number of fused-ring (bicyclic) bond motifs is 1. The molecule has 0 aromatic heterocycles. The van der Waals surface area contributed by atoms with E-state index in [4.69, 9.17) is 5.73 Å². The summed E-state index contributed by atoms with van der Waals surface area (Å²) in [4.78, 5) is 2.68. The Bertz CT molecular complexity index is 473. The maximum Gasteiger partial charge on any atom is 0.123 e. The van der Waals surface area contributed by atoms with Crippen LogP contribution in [-0.2, 0) is 6.42 Å². The standard InChI is InChI=1S/C18H27FN2/c1-18(13-20,12-14-7-9-16(19)10-8-14)21-11-3-5-15-4-2-6-17(15)21/h7-10,15,17H,2-6,11-13,20H2,1H3. The van der Waals surface area contributed by atoms with Crippen molar-refractivity contribution >= 4 is 0 Å². The highest BCUT2D eigenvalue weighted by atomic mass is 19.1. The molecule has 21 heavy (non-hydrogen) atoms. The summed E-state index contributed by atoms with van der Waals surface area (Å²) in [6.07, 6.45) is 7.66. The molecule has 2 nitrogen and oxygen atoms in total. The summed E-state index contributed by atoms with van der Waals surface area (Å²) in [7, 11) is 0. The van der Waals surface area contributed by atoms with Gasteiger partial charge in [0, 0.05) is 18.1 Å². The fourth-order valence-electron chi connectivity index (χ4n) is 4.46. The summed E-state index contributed by atoms with van der Waals surface area (Å²) in [5, 5.41) is 0. The molecule has 1 saturated carbocycles. The second kappa shape index (κ2) is 6.05. The van der Waals surface area contributed by atoms with Crippen LogP contribution in [0.5, 0.6) is 0 Å². The average molecular weight is 290 g/mol. The molecule has 2 fully saturated rings. The van der Waals surface area contributed by atoms with Crippen molar-refractivity contribution in [3.05, 3.63) is 35.6 Å². The van der Waals surface area contributed by atoms with E-state index < -0.39 is 0 Å². The maximum atomic E-state index is 13.1. The number of nitrogens with two attached hydrogens (primary N) is 1. The lowest BCUT2D eigenvalue weighted by Gasteiger charge is -2.49. The molecular weight excluding hydrogens is 263 g/mol. The Kier molecular flexibility index (Phi) is 4.32. The second-order valence-corrected chi connectivity index (χ2v) is 7.10. The van der Waals surface area contributed by atoms with Crippen molar-refractivity contribution in [3.63, 3.8) is 0 Å². The Balaban J connectivity index is 1.79. The highest BCUT2D eigenvalue weighted by Crippen LogP contribution is 2.40. The Labute approximate surface area is 127 Å². The van der Waals surface area contributed by atoms with Crippen LogP contribution in [-0.4, -0.2) is 29.6 Å². The topological polar surface area (TPSA) is 29.3 Å². The van der Waals surface area contributed by atoms with Crippen molar-refractivity contribution in [2.45, 2.75) is 57.0 Å². The van der Waals surface area contributed by atoms with Crippen LogP contribution in [0.25, 0.3) is 0 Å². The number of piperidine rings is 1. The van der Waals surface area contributed by atoms with E-state index in [1.165, 1.54) is 37.7 Å². The SMILES string of the molecule is CC(CN)(Cc1ccc(F)cc1)N1CCCC2CCCC21. The van der Waals surface area contributed by atoms with Gasteiger partial charge in [0.25, 0.3) is 0 Å². The highest BCUT2D eigenvalue weighted by Gasteiger charge is 2.42. The van der Waals surface area contributed by atoms with E-state index in [9.17, 15) is 4.39 Å². The van der Waals surface area contributed by atoms with E-state index in [0.29, 0.717) is 12.6 Å². The van der Waals surface area contributed by atoms with Crippen LogP contribution in [0.15, 0.2) is 24.3 Å². The summed E-state index contributed by atoms with van der Waals surface area (Å²) in [5.74, 6) is 0.708. The first kappa shape index (κ1) is 15.0. The van der Waals surface area contributed by atoms with Gasteiger partial charge in [0.1, 0.15) is 5.82 Å². The minimum Gasteiger partial charge on any atom is -0.329 e. The molecular formula is C18H27FN2. The Hall–Kier alpha value is -0.930. The number of likely N-dealkylation sites (tertiary alicyclic amines) is 1. The van der Waals surface area contributed by atoms with Crippen LogP contribution in [0.3, 0.4) is 0 Å². The summed E-state index contributed by atoms with van der Waals surface area (Å²) >= 11 is 0. The zero-order valence-electron chi connectivity index (χ0n) is 13.0. The summed E-state index contributed by atoms with van der Waals surface area (Å²) < 4.78 is 13.1. The highest BCUT2D eigenvalue weighted by molar-refractivity contribution is 5.19. The van der Waals surface area contributed by atoms with Crippen molar-refractivity contribution < 1.29 is 4.39 Å². The van der Waals surface area contributed by atoms with E-state index in [1.807, 2.05) is 12.1 Å². The van der Waals surface area contributed by atoms with Gasteiger partial charge in [-0.25, -0.2) is 4.39 Å². The molecule has 1 aliphatic heterocycles. The molecule has 0 bridgehead atoms. The lowest BCUT2D eigenvalue weighted by atomic mass is 9.83. The van der Waals surface area contributed by atoms with Gasteiger partial charge in [0.15, 0.2) is 0 Å². The third-order valence-corrected chi connectivity index (χ3v) is 5.62. The lowest BCUT2D eigenvalue weighted by Crippen LogP contribution is -2.59. The second-order valence-electron chi connectivity index (χ2n) is 7.10. The van der Waals surface area contributed by atoms with E-state index in [1.54, 1.807) is 12.1 Å². The molecule has 116 valence electrons. The fraction of sp³-hybridized carbons (Fsp3) is 0.667. The quantitative estimate of drug-likeness (QED) is 0.921. The van der Waals surface area contributed by atoms with Gasteiger partial charge in [-0.15, -0.1) is 0 Å². The number of benzene rings is 1. The van der Waals surface area contributed by atoms with Crippen LogP contribution in [0, 0.1) is 11.7 Å². The molecule has 0 radical (unpaired) electrons. The van der Waals surface area contributed by atoms with Crippen molar-refractivity contribution in [3.8, 4) is 0 Å². The summed E-state index contributed by atoms with van der Waals surface area (Å²) in [5.41, 5.74) is 7.36. The van der Waals surface area contributed by atoms with Crippen molar-refractivity contribution in [1.29, 1.82) is 0 Å². The zero-order valence-corrected chi connectivity index (χ0v) is 13.0. The normalized spacial score (nSPS) is 29.1. The van der Waals surface area contributed by atoms with E-state index in [0.717, 1.165) is 18.9 Å². The monoisotopic (exact) mass is 290 g/mol. The largest absolute Gasteiger partial charge is 0.329 e. The molecule has 0 spiro atoms. The average Bonchev–Trinajstić information content (AvgIpc) is 2.98. The molecule has 1 aromatic carbocycles. The molecule has 1 saturated heterocycles. The van der Waals surface area contributed by atoms with Gasteiger partial charge in [-0.05, 0) is 69.2 Å². The van der Waals surface area contributed by atoms with E-state index >= 15 is 0 Å². The molecule has 2 aliphatic rings. The van der Waals surface area contributed by atoms with Crippen LogP contribution in [0.2, 0.25) is 0 Å². The van der Waals surface area contributed by atoms with E-state index in [-0.39, 0.29) is 11.4 Å². The fourth-order valence-corrected chi connectivity index (χ4v) is 4.46. The number of hydrogen-bond donors (Lipinski definition) is 1. The molecule has 2 N–H and O–H groups in total. The van der Waals surface area contributed by atoms with Gasteiger partial charge < -0.3 is 5.73 Å². The molecule has 3 rings (SSSR count). The van der Waals surface area contributed by atoms with Crippen molar-refractivity contribution in [2.75, 3.05) is 13.1 Å². The first-order valence-corrected chi connectivity index (χ1v) is 8.34. The third kappa shape index (κ3) is 3.00. The smallest absolute Gasteiger partial charge is 0.123 e. The van der Waals surface area contributed by atoms with Crippen LogP contribution < -0.4 is 5.73 Å². The summed E-state index contributed by atoms with van der Waals surface area (Å²) in [6, 6.07) is 7.63. The molecule has 3 heteroatoms.